The lowest BCUT2D eigenvalue weighted by molar-refractivity contribution is -0.00382. The van der Waals surface area contributed by atoms with E-state index in [4.69, 9.17) is 9.47 Å². The van der Waals surface area contributed by atoms with Gasteiger partial charge in [-0.2, -0.15) is 0 Å². The van der Waals surface area contributed by atoms with Gasteiger partial charge in [0, 0.05) is 29.6 Å². The highest BCUT2D eigenvalue weighted by Crippen LogP contribution is 2.26. The van der Waals surface area contributed by atoms with E-state index in [0.717, 1.165) is 4.88 Å². The summed E-state index contributed by atoms with van der Waals surface area (Å²) in [6, 6.07) is 10.7. The lowest BCUT2D eigenvalue weighted by Crippen LogP contribution is -2.50. The summed E-state index contributed by atoms with van der Waals surface area (Å²) in [5.41, 5.74) is 0.674. The standard InChI is InChI=1S/C18H22N2O4S/c1-23-15-5-2-4-13(10-15)19-18(22)20-7-8-24-12-14(20)11-16(21)17-6-3-9-25-17/h2-6,9-10,14,16,21H,7-8,11-12H2,1H3,(H,19,22). The molecule has 0 aliphatic carbocycles. The molecular formula is C18H22N2O4S. The van der Waals surface area contributed by atoms with Crippen LogP contribution in [0.4, 0.5) is 10.5 Å². The second-order valence-electron chi connectivity index (χ2n) is 5.85. The van der Waals surface area contributed by atoms with Gasteiger partial charge in [0.05, 0.1) is 32.5 Å². The first-order valence-electron chi connectivity index (χ1n) is 8.18. The van der Waals surface area contributed by atoms with Gasteiger partial charge in [-0.1, -0.05) is 12.1 Å². The number of anilines is 1. The van der Waals surface area contributed by atoms with Crippen molar-refractivity contribution >= 4 is 23.1 Å². The number of amides is 2. The van der Waals surface area contributed by atoms with E-state index >= 15 is 0 Å². The molecule has 1 saturated heterocycles. The molecule has 1 fully saturated rings. The monoisotopic (exact) mass is 362 g/mol. The molecule has 7 heteroatoms. The summed E-state index contributed by atoms with van der Waals surface area (Å²) in [7, 11) is 1.59. The van der Waals surface area contributed by atoms with Crippen molar-refractivity contribution in [1.82, 2.24) is 4.90 Å². The molecule has 25 heavy (non-hydrogen) atoms. The Kier molecular flexibility index (Phi) is 5.91. The maximum Gasteiger partial charge on any atom is 0.322 e. The van der Waals surface area contributed by atoms with Gasteiger partial charge in [0.1, 0.15) is 5.75 Å². The number of nitrogens with one attached hydrogen (secondary N) is 1. The Morgan fingerprint density at radius 1 is 1.48 bits per heavy atom. The van der Waals surface area contributed by atoms with Gasteiger partial charge in [-0.05, 0) is 23.6 Å². The smallest absolute Gasteiger partial charge is 0.322 e. The van der Waals surface area contributed by atoms with Crippen molar-refractivity contribution < 1.29 is 19.4 Å². The molecule has 1 aliphatic rings. The molecule has 2 unspecified atom stereocenters. The molecule has 2 heterocycles. The molecule has 2 N–H and O–H groups in total. The summed E-state index contributed by atoms with van der Waals surface area (Å²) in [5.74, 6) is 0.685. The molecule has 1 aromatic heterocycles. The number of hydrogen-bond donors (Lipinski definition) is 2. The molecule has 3 rings (SSSR count). The molecule has 1 aliphatic heterocycles. The van der Waals surface area contributed by atoms with E-state index in [0.29, 0.717) is 37.6 Å². The van der Waals surface area contributed by atoms with Gasteiger partial charge in [-0.3, -0.25) is 0 Å². The van der Waals surface area contributed by atoms with E-state index in [-0.39, 0.29) is 12.1 Å². The summed E-state index contributed by atoms with van der Waals surface area (Å²) in [6.07, 6.45) is -0.148. The number of aliphatic hydroxyl groups excluding tert-OH is 1. The predicted octanol–water partition coefficient (Wildman–Crippen LogP) is 3.11. The first-order chi connectivity index (χ1) is 12.2. The summed E-state index contributed by atoms with van der Waals surface area (Å²) >= 11 is 1.51. The molecular weight excluding hydrogens is 340 g/mol. The normalized spacial score (nSPS) is 18.6. The maximum absolute atomic E-state index is 12.7. The number of carbonyl (C=O) groups is 1. The second-order valence-corrected chi connectivity index (χ2v) is 6.83. The van der Waals surface area contributed by atoms with Gasteiger partial charge in [0.2, 0.25) is 0 Å². The molecule has 1 aromatic carbocycles. The largest absolute Gasteiger partial charge is 0.497 e. The molecule has 6 nitrogen and oxygen atoms in total. The first-order valence-corrected chi connectivity index (χ1v) is 9.06. The zero-order valence-corrected chi connectivity index (χ0v) is 14.9. The van der Waals surface area contributed by atoms with Crippen molar-refractivity contribution in [1.29, 1.82) is 0 Å². The average molecular weight is 362 g/mol. The van der Waals surface area contributed by atoms with Crippen molar-refractivity contribution in [3.05, 3.63) is 46.7 Å². The summed E-state index contributed by atoms with van der Waals surface area (Å²) in [4.78, 5) is 15.3. The van der Waals surface area contributed by atoms with Crippen molar-refractivity contribution in [2.24, 2.45) is 0 Å². The number of rotatable bonds is 5. The van der Waals surface area contributed by atoms with Crippen LogP contribution in [-0.4, -0.2) is 48.9 Å². The van der Waals surface area contributed by atoms with Gasteiger partial charge in [0.15, 0.2) is 0 Å². The number of methoxy groups -OCH3 is 1. The third-order valence-corrected chi connectivity index (χ3v) is 5.15. The number of urea groups is 1. The van der Waals surface area contributed by atoms with Crippen LogP contribution in [-0.2, 0) is 4.74 Å². The van der Waals surface area contributed by atoms with Crippen molar-refractivity contribution in [2.45, 2.75) is 18.6 Å². The van der Waals surface area contributed by atoms with Crippen molar-refractivity contribution in [3.8, 4) is 5.75 Å². The van der Waals surface area contributed by atoms with E-state index in [9.17, 15) is 9.90 Å². The number of aliphatic hydroxyl groups is 1. The van der Waals surface area contributed by atoms with E-state index in [1.54, 1.807) is 18.1 Å². The molecule has 0 saturated carbocycles. The number of thiophene rings is 1. The Morgan fingerprint density at radius 3 is 3.12 bits per heavy atom. The minimum Gasteiger partial charge on any atom is -0.497 e. The Balaban J connectivity index is 1.66. The van der Waals surface area contributed by atoms with Crippen LogP contribution in [0.1, 0.15) is 17.4 Å². The first kappa shape index (κ1) is 17.7. The predicted molar refractivity (Wildman–Crippen MR) is 97.2 cm³/mol. The third kappa shape index (κ3) is 4.50. The zero-order chi connectivity index (χ0) is 17.6. The van der Waals surface area contributed by atoms with E-state index < -0.39 is 6.10 Å². The van der Waals surface area contributed by atoms with Crippen LogP contribution < -0.4 is 10.1 Å². The minimum atomic E-state index is -0.598. The van der Waals surface area contributed by atoms with E-state index in [1.807, 2.05) is 35.7 Å². The third-order valence-electron chi connectivity index (χ3n) is 4.18. The number of morpholine rings is 1. The summed E-state index contributed by atoms with van der Waals surface area (Å²) in [5, 5.41) is 15.2. The molecule has 0 radical (unpaired) electrons. The Hall–Kier alpha value is -2.09. The van der Waals surface area contributed by atoms with Gasteiger partial charge in [-0.15, -0.1) is 11.3 Å². The highest BCUT2D eigenvalue weighted by atomic mass is 32.1. The van der Waals surface area contributed by atoms with Gasteiger partial charge in [0.25, 0.3) is 0 Å². The van der Waals surface area contributed by atoms with Crippen LogP contribution in [0.15, 0.2) is 41.8 Å². The van der Waals surface area contributed by atoms with Crippen LogP contribution in [0.2, 0.25) is 0 Å². The van der Waals surface area contributed by atoms with Crippen LogP contribution in [0.25, 0.3) is 0 Å². The Morgan fingerprint density at radius 2 is 2.36 bits per heavy atom. The maximum atomic E-state index is 12.7. The second kappa shape index (κ2) is 8.33. The summed E-state index contributed by atoms with van der Waals surface area (Å²) in [6.45, 7) is 1.42. The zero-order valence-electron chi connectivity index (χ0n) is 14.1. The molecule has 2 aromatic rings. The van der Waals surface area contributed by atoms with Gasteiger partial charge < -0.3 is 24.8 Å². The molecule has 134 valence electrons. The van der Waals surface area contributed by atoms with Crippen LogP contribution >= 0.6 is 11.3 Å². The SMILES string of the molecule is COc1cccc(NC(=O)N2CCOCC2CC(O)c2cccs2)c1. The Bertz CT molecular complexity index is 692. The molecule has 0 bridgehead atoms. The lowest BCUT2D eigenvalue weighted by Gasteiger charge is -2.36. The van der Waals surface area contributed by atoms with E-state index in [1.165, 1.54) is 11.3 Å². The fourth-order valence-electron chi connectivity index (χ4n) is 2.87. The van der Waals surface area contributed by atoms with Crippen LogP contribution in [0, 0.1) is 0 Å². The van der Waals surface area contributed by atoms with Gasteiger partial charge in [-0.25, -0.2) is 4.79 Å². The summed E-state index contributed by atoms with van der Waals surface area (Å²) < 4.78 is 10.7. The number of nitrogens with zero attached hydrogens (tertiary/aromatic N) is 1. The van der Waals surface area contributed by atoms with E-state index in [2.05, 4.69) is 5.32 Å². The fourth-order valence-corrected chi connectivity index (χ4v) is 3.59. The Labute approximate surface area is 151 Å². The van der Waals surface area contributed by atoms with Crippen LogP contribution in [0.3, 0.4) is 0 Å². The quantitative estimate of drug-likeness (QED) is 0.857. The number of ether oxygens (including phenoxy) is 2. The highest BCUT2D eigenvalue weighted by Gasteiger charge is 2.30. The van der Waals surface area contributed by atoms with Crippen molar-refractivity contribution in [2.75, 3.05) is 32.2 Å². The number of benzene rings is 1. The van der Waals surface area contributed by atoms with Crippen molar-refractivity contribution in [3.63, 3.8) is 0 Å². The average Bonchev–Trinajstić information content (AvgIpc) is 3.17. The molecule has 0 spiro atoms. The number of hydrogen-bond acceptors (Lipinski definition) is 5. The van der Waals surface area contributed by atoms with Crippen LogP contribution in [0.5, 0.6) is 5.75 Å². The molecule has 2 amide bonds. The lowest BCUT2D eigenvalue weighted by atomic mass is 10.1. The molecule has 2 atom stereocenters. The minimum absolute atomic E-state index is 0.170. The van der Waals surface area contributed by atoms with Gasteiger partial charge >= 0.3 is 6.03 Å². The number of carbonyl (C=O) groups excluding carboxylic acids is 1. The highest BCUT2D eigenvalue weighted by molar-refractivity contribution is 7.10. The fraction of sp³-hybridized carbons (Fsp3) is 0.389. The topological polar surface area (TPSA) is 71.0 Å².